The summed E-state index contributed by atoms with van der Waals surface area (Å²) in [6.07, 6.45) is 4.44. The molecule has 1 aromatic heterocycles. The highest BCUT2D eigenvalue weighted by Gasteiger charge is 2.33. The summed E-state index contributed by atoms with van der Waals surface area (Å²) in [5.41, 5.74) is 7.37. The Kier molecular flexibility index (Phi) is 5.46. The molecule has 0 bridgehead atoms. The SMILES string of the molecule is Cc1c2c(c(CC(C)(C)C)c3ccccc13)Sc1cc3cccc(CC(C)C)c3c3cc[n+](C)c-2c13. The number of benzene rings is 4. The molecule has 2 heteroatoms. The highest BCUT2D eigenvalue weighted by molar-refractivity contribution is 8.00. The minimum atomic E-state index is 0.204. The monoisotopic (exact) mass is 490 g/mol. The van der Waals surface area contributed by atoms with E-state index in [9.17, 15) is 0 Å². The molecule has 1 aliphatic heterocycles. The van der Waals surface area contributed by atoms with Crippen molar-refractivity contribution in [2.75, 3.05) is 0 Å². The van der Waals surface area contributed by atoms with Crippen molar-refractivity contribution in [3.8, 4) is 11.3 Å². The van der Waals surface area contributed by atoms with E-state index in [2.05, 4.69) is 114 Å². The number of hydrogen-bond donors (Lipinski definition) is 0. The quantitative estimate of drug-likeness (QED) is 0.177. The number of rotatable bonds is 3. The Morgan fingerprint density at radius 2 is 1.64 bits per heavy atom. The molecule has 1 aliphatic rings. The summed E-state index contributed by atoms with van der Waals surface area (Å²) >= 11 is 2.00. The van der Waals surface area contributed by atoms with Crippen LogP contribution in [0.15, 0.2) is 70.6 Å². The lowest BCUT2D eigenvalue weighted by molar-refractivity contribution is -0.659. The largest absolute Gasteiger partial charge is 0.222 e. The second-order valence-electron chi connectivity index (χ2n) is 12.2. The van der Waals surface area contributed by atoms with Gasteiger partial charge in [0, 0.05) is 21.2 Å². The third-order valence-electron chi connectivity index (χ3n) is 7.63. The molecule has 6 rings (SSSR count). The lowest BCUT2D eigenvalue weighted by Gasteiger charge is -2.28. The maximum absolute atomic E-state index is 2.46. The maximum Gasteiger partial charge on any atom is 0.222 e. The highest BCUT2D eigenvalue weighted by atomic mass is 32.2. The van der Waals surface area contributed by atoms with Crippen LogP contribution in [0.1, 0.15) is 51.3 Å². The van der Waals surface area contributed by atoms with Gasteiger partial charge in [-0.2, -0.15) is 0 Å². The van der Waals surface area contributed by atoms with Crippen LogP contribution >= 0.6 is 11.8 Å². The van der Waals surface area contributed by atoms with Crippen molar-refractivity contribution in [3.63, 3.8) is 0 Å². The molecule has 0 N–H and O–H groups in total. The molecule has 0 saturated heterocycles. The van der Waals surface area contributed by atoms with Crippen molar-refractivity contribution in [2.24, 2.45) is 18.4 Å². The van der Waals surface area contributed by atoms with Gasteiger partial charge in [-0.15, -0.1) is 0 Å². The Morgan fingerprint density at radius 1 is 0.889 bits per heavy atom. The standard InChI is InChI=1S/C34H36NS/c1-20(2)17-22-11-10-12-23-18-28-31-26(30(22)23)15-16-35(7)32(31)29-21(3)24-13-8-9-14-25(24)27(33(29)36-28)19-34(4,5)6/h8-16,18,20H,17,19H2,1-7H3/q+1. The van der Waals surface area contributed by atoms with Crippen molar-refractivity contribution in [1.29, 1.82) is 0 Å². The normalized spacial score (nSPS) is 13.2. The molecule has 0 amide bonds. The van der Waals surface area contributed by atoms with Crippen LogP contribution in [0.5, 0.6) is 0 Å². The summed E-state index contributed by atoms with van der Waals surface area (Å²) in [6, 6.07) is 20.7. The third kappa shape index (κ3) is 3.65. The fourth-order valence-electron chi connectivity index (χ4n) is 6.24. The van der Waals surface area contributed by atoms with Crippen LogP contribution in [-0.4, -0.2) is 0 Å². The molecule has 2 heterocycles. The van der Waals surface area contributed by atoms with Gasteiger partial charge < -0.3 is 0 Å². The molecule has 0 fully saturated rings. The van der Waals surface area contributed by atoms with E-state index in [0.717, 1.165) is 12.8 Å². The lowest BCUT2D eigenvalue weighted by atomic mass is 9.83. The fourth-order valence-corrected chi connectivity index (χ4v) is 7.62. The number of aromatic nitrogens is 1. The first kappa shape index (κ1) is 23.6. The van der Waals surface area contributed by atoms with Crippen LogP contribution in [0.4, 0.5) is 0 Å². The number of pyridine rings is 1. The summed E-state index contributed by atoms with van der Waals surface area (Å²) in [5.74, 6) is 0.626. The summed E-state index contributed by atoms with van der Waals surface area (Å²) in [6.45, 7) is 14.1. The van der Waals surface area contributed by atoms with E-state index in [0.29, 0.717) is 5.92 Å². The second kappa shape index (κ2) is 8.35. The minimum absolute atomic E-state index is 0.204. The highest BCUT2D eigenvalue weighted by Crippen LogP contribution is 2.53. The summed E-state index contributed by atoms with van der Waals surface area (Å²) in [5, 5.41) is 8.41. The van der Waals surface area contributed by atoms with E-state index >= 15 is 0 Å². The molecule has 0 radical (unpaired) electrons. The van der Waals surface area contributed by atoms with Crippen molar-refractivity contribution >= 4 is 44.1 Å². The zero-order valence-corrected chi connectivity index (χ0v) is 23.4. The van der Waals surface area contributed by atoms with Gasteiger partial charge in [0.05, 0.1) is 10.9 Å². The zero-order valence-electron chi connectivity index (χ0n) is 22.6. The Morgan fingerprint density at radius 3 is 2.36 bits per heavy atom. The van der Waals surface area contributed by atoms with Crippen LogP contribution in [0.25, 0.3) is 43.6 Å². The topological polar surface area (TPSA) is 3.88 Å². The van der Waals surface area contributed by atoms with Crippen LogP contribution < -0.4 is 4.57 Å². The number of aryl methyl sites for hydroxylation is 2. The number of nitrogens with zero attached hydrogens (tertiary/aromatic N) is 1. The molecule has 36 heavy (non-hydrogen) atoms. The van der Waals surface area contributed by atoms with E-state index in [-0.39, 0.29) is 5.41 Å². The third-order valence-corrected chi connectivity index (χ3v) is 8.82. The van der Waals surface area contributed by atoms with E-state index < -0.39 is 0 Å². The van der Waals surface area contributed by atoms with Crippen molar-refractivity contribution in [1.82, 2.24) is 0 Å². The van der Waals surface area contributed by atoms with Gasteiger partial charge in [-0.05, 0) is 75.4 Å². The van der Waals surface area contributed by atoms with Gasteiger partial charge in [0.25, 0.3) is 0 Å². The molecule has 0 atom stereocenters. The van der Waals surface area contributed by atoms with Crippen LogP contribution in [0.2, 0.25) is 0 Å². The molecule has 0 unspecified atom stereocenters. The smallest absolute Gasteiger partial charge is 0.200 e. The van der Waals surface area contributed by atoms with Gasteiger partial charge in [-0.3, -0.25) is 0 Å². The van der Waals surface area contributed by atoms with E-state index in [1.807, 2.05) is 11.8 Å². The molecule has 4 aromatic carbocycles. The fraction of sp³-hybridized carbons (Fsp3) is 0.324. The Labute approximate surface area is 219 Å². The molecular formula is C34H36NS+. The molecule has 0 saturated carbocycles. The van der Waals surface area contributed by atoms with Crippen LogP contribution in [0.3, 0.4) is 0 Å². The Bertz CT molecular complexity index is 1680. The first-order valence-electron chi connectivity index (χ1n) is 13.2. The summed E-state index contributed by atoms with van der Waals surface area (Å²) in [7, 11) is 2.22. The molecule has 1 nitrogen and oxygen atoms in total. The van der Waals surface area contributed by atoms with Crippen LogP contribution in [0, 0.1) is 18.3 Å². The summed E-state index contributed by atoms with van der Waals surface area (Å²) in [4.78, 5) is 2.84. The Hall–Kier alpha value is -2.84. The molecule has 0 spiro atoms. The molecular weight excluding hydrogens is 454 g/mol. The van der Waals surface area contributed by atoms with Gasteiger partial charge in [0.2, 0.25) is 5.69 Å². The average Bonchev–Trinajstić information content (AvgIpc) is 2.82. The first-order valence-corrected chi connectivity index (χ1v) is 14.0. The van der Waals surface area contributed by atoms with Crippen molar-refractivity contribution in [2.45, 2.75) is 64.2 Å². The maximum atomic E-state index is 2.46. The number of fused-ring (bicyclic) bond motifs is 5. The van der Waals surface area contributed by atoms with Gasteiger partial charge in [-0.25, -0.2) is 4.57 Å². The van der Waals surface area contributed by atoms with Gasteiger partial charge in [-0.1, -0.05) is 88.8 Å². The van der Waals surface area contributed by atoms with Gasteiger partial charge in [0.1, 0.15) is 7.05 Å². The molecule has 5 aromatic rings. The zero-order chi connectivity index (χ0) is 25.4. The number of hydrogen-bond acceptors (Lipinski definition) is 1. The summed E-state index contributed by atoms with van der Waals surface area (Å²) < 4.78 is 2.37. The lowest BCUT2D eigenvalue weighted by Crippen LogP contribution is -2.32. The van der Waals surface area contributed by atoms with E-state index in [1.54, 1.807) is 0 Å². The average molecular weight is 491 g/mol. The second-order valence-corrected chi connectivity index (χ2v) is 13.3. The van der Waals surface area contributed by atoms with E-state index in [4.69, 9.17) is 0 Å². The van der Waals surface area contributed by atoms with Gasteiger partial charge >= 0.3 is 0 Å². The predicted molar refractivity (Wildman–Crippen MR) is 156 cm³/mol. The molecule has 182 valence electrons. The van der Waals surface area contributed by atoms with Crippen LogP contribution in [-0.2, 0) is 19.9 Å². The van der Waals surface area contributed by atoms with Crippen molar-refractivity contribution in [3.05, 3.63) is 77.5 Å². The predicted octanol–water partition coefficient (Wildman–Crippen LogP) is 9.20. The van der Waals surface area contributed by atoms with E-state index in [1.165, 1.54) is 70.1 Å². The molecule has 0 aliphatic carbocycles. The first-order chi connectivity index (χ1) is 17.1. The van der Waals surface area contributed by atoms with Gasteiger partial charge in [0.15, 0.2) is 6.20 Å². The Balaban J connectivity index is 1.78. The minimum Gasteiger partial charge on any atom is -0.200 e. The van der Waals surface area contributed by atoms with Crippen molar-refractivity contribution < 1.29 is 4.57 Å².